The molecule has 1 aromatic carbocycles. The van der Waals surface area contributed by atoms with E-state index in [9.17, 15) is 38.7 Å². The topological polar surface area (TPSA) is 263 Å². The molecular weight excluding hydrogens is 927 g/mol. The van der Waals surface area contributed by atoms with Gasteiger partial charge in [-0.25, -0.2) is 0 Å². The maximum absolute atomic E-state index is 14.6. The van der Waals surface area contributed by atoms with Crippen LogP contribution in [0.4, 0.5) is 0 Å². The zero-order valence-corrected chi connectivity index (χ0v) is 45.9. The average Bonchev–Trinajstić information content (AvgIpc) is 3.83. The first-order chi connectivity index (χ1) is 33.8. The van der Waals surface area contributed by atoms with Gasteiger partial charge in [0.2, 0.25) is 41.4 Å². The number of likely N-dealkylation sites (tertiary alicyclic amines) is 1. The molecule has 0 unspecified atom stereocenters. The van der Waals surface area contributed by atoms with Gasteiger partial charge in [-0.05, 0) is 63.0 Å². The van der Waals surface area contributed by atoms with Crippen LogP contribution in [0.15, 0.2) is 30.3 Å². The van der Waals surface area contributed by atoms with Gasteiger partial charge >= 0.3 is 0 Å². The summed E-state index contributed by atoms with van der Waals surface area (Å²) in [5.41, 5.74) is 6.53. The molecule has 0 aromatic heterocycles. The maximum atomic E-state index is 14.6. The van der Waals surface area contributed by atoms with Gasteiger partial charge in [0.1, 0.15) is 18.8 Å². The molecule has 2 rings (SSSR count). The molecule has 1 aliphatic rings. The summed E-state index contributed by atoms with van der Waals surface area (Å²) in [5.74, 6) is -3.98. The number of amides is 7. The zero-order valence-electron chi connectivity index (χ0n) is 45.9. The number of rotatable bonds is 31. The van der Waals surface area contributed by atoms with E-state index in [0.717, 1.165) is 0 Å². The number of likely N-dealkylation sites (N-methyl/N-ethyl adjacent to an activating group) is 2. The lowest BCUT2D eigenvalue weighted by atomic mass is 9.89. The fourth-order valence-electron chi connectivity index (χ4n) is 9.28. The Morgan fingerprint density at radius 2 is 1.44 bits per heavy atom. The van der Waals surface area contributed by atoms with Crippen LogP contribution in [-0.4, -0.2) is 177 Å². The lowest BCUT2D eigenvalue weighted by Crippen LogP contribution is -2.60. The van der Waals surface area contributed by atoms with Crippen molar-refractivity contribution in [2.45, 2.75) is 162 Å². The molecule has 1 heterocycles. The molecule has 1 fully saturated rings. The van der Waals surface area contributed by atoms with Crippen LogP contribution in [0.5, 0.6) is 0 Å². The predicted molar refractivity (Wildman–Crippen MR) is 276 cm³/mol. The molecule has 0 spiro atoms. The number of hydrogen-bond donors (Lipinski definition) is 7. The Labute approximate surface area is 429 Å². The Morgan fingerprint density at radius 1 is 0.806 bits per heavy atom. The Hall–Kier alpha value is -4.73. The number of carbonyl (C=O) groups is 7. The molecule has 0 saturated carbocycles. The third-order valence-corrected chi connectivity index (χ3v) is 14.0. The van der Waals surface area contributed by atoms with Gasteiger partial charge in [-0.1, -0.05) is 99.1 Å². The summed E-state index contributed by atoms with van der Waals surface area (Å²) in [7, 11) is 6.53. The summed E-state index contributed by atoms with van der Waals surface area (Å²) < 4.78 is 17.7. The standard InChI is InChI=1S/C52H91N9O11/c1-16-33(8)45(39(70-14)27-41(63)61-24-20-23-38(61)47(71-15)34(9)48(65)56-35(10)46(64)37-21-18-17-19-22-37)60(13)52(69)43(31(4)5)58-51(68)44(32(6)7)59(12)25-26-72-29-55-40(62)28-54-49(66)36(11)57-50(67)42(53)30(2)3/h17-19,21-22,30-36,38-39,42-47,64H,16,20,23-29,53H2,1-15H3,(H,54,66)(H,55,62)(H,56,65)(H,57,67)(H,58,68)/t33-,34+,35+,36-,38-,39+,42-,43-,44-,45-,46+,47+/m0/s1. The lowest BCUT2D eigenvalue weighted by Gasteiger charge is -2.41. The minimum atomic E-state index is -0.911. The quantitative estimate of drug-likeness (QED) is 0.0415. The van der Waals surface area contributed by atoms with Crippen LogP contribution < -0.4 is 32.3 Å². The van der Waals surface area contributed by atoms with E-state index < -0.39 is 84.2 Å². The zero-order chi connectivity index (χ0) is 54.6. The summed E-state index contributed by atoms with van der Waals surface area (Å²) in [6, 6.07) is 4.39. The minimum Gasteiger partial charge on any atom is -0.386 e. The number of ether oxygens (including phenoxy) is 3. The van der Waals surface area contributed by atoms with Crippen LogP contribution in [0, 0.1) is 29.6 Å². The molecule has 8 N–H and O–H groups in total. The fraction of sp³-hybridized carbons (Fsp3) is 0.750. The molecule has 0 radical (unpaired) electrons. The lowest BCUT2D eigenvalue weighted by molar-refractivity contribution is -0.148. The van der Waals surface area contributed by atoms with Crippen LogP contribution in [0.3, 0.4) is 0 Å². The van der Waals surface area contributed by atoms with Crippen LogP contribution in [0.2, 0.25) is 0 Å². The van der Waals surface area contributed by atoms with Crippen molar-refractivity contribution in [1.29, 1.82) is 0 Å². The predicted octanol–water partition coefficient (Wildman–Crippen LogP) is 1.94. The van der Waals surface area contributed by atoms with Crippen LogP contribution >= 0.6 is 0 Å². The molecule has 0 aliphatic carbocycles. The third-order valence-electron chi connectivity index (χ3n) is 14.0. The SMILES string of the molecule is CC[C@H](C)[C@@H]([C@@H](CC(=O)N1CCC[C@H]1[C@H](OC)[C@@H](C)C(=O)N[C@H](C)[C@@H](O)c1ccccc1)OC)N(C)C(=O)[C@@H](NC(=O)[C@H](C(C)C)N(C)CCOCNC(=O)CNC(=O)[C@H](C)NC(=O)[C@@H](N)C(C)C)C(C)C. The Morgan fingerprint density at radius 3 is 2.00 bits per heavy atom. The molecule has 12 atom stereocenters. The highest BCUT2D eigenvalue weighted by Gasteiger charge is 2.43. The van der Waals surface area contributed by atoms with Gasteiger partial charge in [-0.15, -0.1) is 0 Å². The first-order valence-corrected chi connectivity index (χ1v) is 25.7. The van der Waals surface area contributed by atoms with Gasteiger partial charge in [-0.2, -0.15) is 0 Å². The molecule has 7 amide bonds. The highest BCUT2D eigenvalue weighted by atomic mass is 16.5. The van der Waals surface area contributed by atoms with Crippen LogP contribution in [-0.2, 0) is 47.8 Å². The molecular formula is C52H91N9O11. The van der Waals surface area contributed by atoms with Gasteiger partial charge in [0, 0.05) is 34.4 Å². The number of methoxy groups -OCH3 is 2. The summed E-state index contributed by atoms with van der Waals surface area (Å²) in [5, 5.41) is 24.5. The van der Waals surface area contributed by atoms with Crippen molar-refractivity contribution in [3.63, 3.8) is 0 Å². The number of aliphatic hydroxyl groups excluding tert-OH is 1. The van der Waals surface area contributed by atoms with Gasteiger partial charge in [0.25, 0.3) is 0 Å². The number of carbonyl (C=O) groups excluding carboxylic acids is 7. The smallest absolute Gasteiger partial charge is 0.245 e. The van der Waals surface area contributed by atoms with Gasteiger partial charge < -0.3 is 61.4 Å². The van der Waals surface area contributed by atoms with Gasteiger partial charge in [0.15, 0.2) is 0 Å². The van der Waals surface area contributed by atoms with Crippen molar-refractivity contribution in [2.75, 3.05) is 61.3 Å². The number of benzene rings is 1. The second-order valence-corrected chi connectivity index (χ2v) is 20.5. The van der Waals surface area contributed by atoms with E-state index >= 15 is 0 Å². The summed E-state index contributed by atoms with van der Waals surface area (Å²) in [4.78, 5) is 98.9. The second-order valence-electron chi connectivity index (χ2n) is 20.5. The molecule has 1 aliphatic heterocycles. The number of nitrogens with one attached hydrogen (secondary N) is 5. The maximum Gasteiger partial charge on any atom is 0.245 e. The second kappa shape index (κ2) is 31.1. The van der Waals surface area contributed by atoms with Crippen molar-refractivity contribution in [1.82, 2.24) is 41.3 Å². The Bertz CT molecular complexity index is 1870. The van der Waals surface area contributed by atoms with Crippen LogP contribution in [0.1, 0.15) is 114 Å². The average molecular weight is 1020 g/mol. The largest absolute Gasteiger partial charge is 0.386 e. The van der Waals surface area contributed by atoms with E-state index in [1.165, 1.54) is 21.1 Å². The molecule has 1 saturated heterocycles. The van der Waals surface area contributed by atoms with Gasteiger partial charge in [-0.3, -0.25) is 38.5 Å². The van der Waals surface area contributed by atoms with E-state index in [0.29, 0.717) is 37.9 Å². The van der Waals surface area contributed by atoms with Crippen molar-refractivity contribution in [3.8, 4) is 0 Å². The first kappa shape index (κ1) is 63.4. The summed E-state index contributed by atoms with van der Waals surface area (Å²) in [6.45, 7) is 20.6. The molecule has 20 nitrogen and oxygen atoms in total. The summed E-state index contributed by atoms with van der Waals surface area (Å²) in [6.07, 6.45) is -0.256. The first-order valence-electron chi connectivity index (χ1n) is 25.7. The molecule has 0 bridgehead atoms. The van der Waals surface area contributed by atoms with Crippen molar-refractivity contribution < 1.29 is 52.9 Å². The molecule has 20 heteroatoms. The third kappa shape index (κ3) is 18.6. The number of aliphatic hydroxyl groups is 1. The monoisotopic (exact) mass is 1020 g/mol. The Kier molecular flexibility index (Phi) is 27.4. The normalized spacial score (nSPS) is 18.5. The van der Waals surface area contributed by atoms with Crippen molar-refractivity contribution in [3.05, 3.63) is 35.9 Å². The van der Waals surface area contributed by atoms with E-state index in [4.69, 9.17) is 19.9 Å². The molecule has 1 aromatic rings. The minimum absolute atomic E-state index is 0.0348. The number of nitrogens with zero attached hydrogens (tertiary/aromatic N) is 3. The van der Waals surface area contributed by atoms with Gasteiger partial charge in [0.05, 0.1) is 74.0 Å². The number of hydrogen-bond acceptors (Lipinski definition) is 13. The van der Waals surface area contributed by atoms with Crippen molar-refractivity contribution >= 4 is 41.4 Å². The molecule has 410 valence electrons. The van der Waals surface area contributed by atoms with Crippen LogP contribution in [0.25, 0.3) is 0 Å². The highest BCUT2D eigenvalue weighted by Crippen LogP contribution is 2.30. The number of nitrogens with two attached hydrogens (primary N) is 1. The fourth-order valence-corrected chi connectivity index (χ4v) is 9.28. The van der Waals surface area contributed by atoms with E-state index in [2.05, 4.69) is 26.6 Å². The van der Waals surface area contributed by atoms with Crippen molar-refractivity contribution in [2.24, 2.45) is 35.3 Å². The molecule has 72 heavy (non-hydrogen) atoms. The van der Waals surface area contributed by atoms with E-state index in [1.807, 2.05) is 64.6 Å². The Balaban J connectivity index is 2.08. The van der Waals surface area contributed by atoms with E-state index in [-0.39, 0.29) is 73.6 Å². The summed E-state index contributed by atoms with van der Waals surface area (Å²) >= 11 is 0. The van der Waals surface area contributed by atoms with E-state index in [1.54, 1.807) is 63.7 Å². The highest BCUT2D eigenvalue weighted by molar-refractivity contribution is 5.92.